The Hall–Kier alpha value is -3.15. The molecule has 1 heterocycles. The van der Waals surface area contributed by atoms with Gasteiger partial charge in [-0.3, -0.25) is 4.79 Å². The van der Waals surface area contributed by atoms with E-state index < -0.39 is 0 Å². The Bertz CT molecular complexity index is 1190. The Morgan fingerprint density at radius 2 is 1.69 bits per heavy atom. The minimum Gasteiger partial charge on any atom is -0.492 e. The number of rotatable bonds is 8. The van der Waals surface area contributed by atoms with Crippen molar-refractivity contribution in [3.8, 4) is 27.6 Å². The molecule has 162 valence electrons. The van der Waals surface area contributed by atoms with E-state index in [4.69, 9.17) is 21.3 Å². The molecule has 4 nitrogen and oxygen atoms in total. The van der Waals surface area contributed by atoms with Gasteiger partial charge in [-0.25, -0.2) is 4.98 Å². The molecule has 0 aliphatic heterocycles. The van der Waals surface area contributed by atoms with E-state index in [0.29, 0.717) is 30.2 Å². The highest BCUT2D eigenvalue weighted by atomic mass is 35.5. The van der Waals surface area contributed by atoms with Gasteiger partial charge in [-0.05, 0) is 37.6 Å². The molecule has 0 spiro atoms. The fraction of sp³-hybridized carbons (Fsp3) is 0.154. The van der Waals surface area contributed by atoms with Crippen LogP contribution in [0.1, 0.15) is 17.7 Å². The van der Waals surface area contributed by atoms with E-state index in [9.17, 15) is 4.79 Å². The predicted molar refractivity (Wildman–Crippen MR) is 133 cm³/mol. The van der Waals surface area contributed by atoms with Gasteiger partial charge >= 0.3 is 0 Å². The number of carbonyl (C=O) groups excluding carboxylic acids is 1. The van der Waals surface area contributed by atoms with E-state index in [2.05, 4.69) is 24.4 Å². The summed E-state index contributed by atoms with van der Waals surface area (Å²) in [7, 11) is 0. The number of anilines is 1. The van der Waals surface area contributed by atoms with E-state index in [1.807, 2.05) is 60.7 Å². The van der Waals surface area contributed by atoms with Gasteiger partial charge in [0.2, 0.25) is 5.91 Å². The molecule has 3 aromatic carbocycles. The third-order valence-corrected chi connectivity index (χ3v) is 6.23. The molecule has 0 saturated carbocycles. The van der Waals surface area contributed by atoms with Crippen molar-refractivity contribution in [2.24, 2.45) is 0 Å². The highest BCUT2D eigenvalue weighted by molar-refractivity contribution is 7.15. The SMILES string of the molecule is Cc1sc(-c2ccccc2)nc1-c1ccc(NC(=O)CCCOc2ccccc2Cl)cc1. The molecule has 32 heavy (non-hydrogen) atoms. The molecular formula is C26H23ClN2O2S. The summed E-state index contributed by atoms with van der Waals surface area (Å²) in [5.41, 5.74) is 3.90. The van der Waals surface area contributed by atoms with Gasteiger partial charge in [-0.1, -0.05) is 66.2 Å². The van der Waals surface area contributed by atoms with E-state index in [1.54, 1.807) is 17.4 Å². The number of hydrogen-bond donors (Lipinski definition) is 1. The minimum atomic E-state index is -0.0447. The second-order valence-electron chi connectivity index (χ2n) is 7.30. The van der Waals surface area contributed by atoms with Crippen molar-refractivity contribution >= 4 is 34.5 Å². The molecule has 0 fully saturated rings. The molecule has 4 aromatic rings. The van der Waals surface area contributed by atoms with Crippen molar-refractivity contribution in [2.45, 2.75) is 19.8 Å². The molecule has 0 bridgehead atoms. The number of aryl methyl sites for hydroxylation is 1. The largest absolute Gasteiger partial charge is 0.492 e. The molecule has 0 saturated heterocycles. The van der Waals surface area contributed by atoms with Gasteiger partial charge in [0.05, 0.1) is 17.3 Å². The number of para-hydroxylation sites is 1. The Labute approximate surface area is 196 Å². The van der Waals surface area contributed by atoms with E-state index in [1.165, 1.54) is 4.88 Å². The fourth-order valence-corrected chi connectivity index (χ4v) is 4.41. The second-order valence-corrected chi connectivity index (χ2v) is 8.91. The molecule has 0 aliphatic rings. The molecule has 0 atom stereocenters. The summed E-state index contributed by atoms with van der Waals surface area (Å²) in [4.78, 5) is 18.3. The lowest BCUT2D eigenvalue weighted by Crippen LogP contribution is -2.12. The van der Waals surface area contributed by atoms with Gasteiger partial charge < -0.3 is 10.1 Å². The zero-order chi connectivity index (χ0) is 22.3. The van der Waals surface area contributed by atoms with Gasteiger partial charge in [0, 0.05) is 28.1 Å². The number of thiazole rings is 1. The summed E-state index contributed by atoms with van der Waals surface area (Å²) in [6.07, 6.45) is 0.979. The molecular weight excluding hydrogens is 440 g/mol. The average molecular weight is 463 g/mol. The first kappa shape index (κ1) is 22.1. The van der Waals surface area contributed by atoms with Crippen molar-refractivity contribution < 1.29 is 9.53 Å². The van der Waals surface area contributed by atoms with Crippen LogP contribution in [0.3, 0.4) is 0 Å². The Morgan fingerprint density at radius 1 is 0.969 bits per heavy atom. The summed E-state index contributed by atoms with van der Waals surface area (Å²) in [5, 5.41) is 4.52. The van der Waals surface area contributed by atoms with Gasteiger partial charge in [-0.2, -0.15) is 0 Å². The van der Waals surface area contributed by atoms with Crippen LogP contribution in [0.4, 0.5) is 5.69 Å². The second kappa shape index (κ2) is 10.4. The van der Waals surface area contributed by atoms with Crippen molar-refractivity contribution in [1.82, 2.24) is 4.98 Å². The van der Waals surface area contributed by atoms with Gasteiger partial charge in [-0.15, -0.1) is 11.3 Å². The zero-order valence-electron chi connectivity index (χ0n) is 17.7. The molecule has 1 amide bonds. The first-order valence-electron chi connectivity index (χ1n) is 10.4. The maximum absolute atomic E-state index is 12.3. The van der Waals surface area contributed by atoms with E-state index in [0.717, 1.165) is 27.5 Å². The number of amides is 1. The van der Waals surface area contributed by atoms with Gasteiger partial charge in [0.25, 0.3) is 0 Å². The molecule has 4 rings (SSSR count). The van der Waals surface area contributed by atoms with Crippen LogP contribution >= 0.6 is 22.9 Å². The summed E-state index contributed by atoms with van der Waals surface area (Å²) in [6.45, 7) is 2.52. The maximum atomic E-state index is 12.3. The normalized spacial score (nSPS) is 10.7. The third-order valence-electron chi connectivity index (χ3n) is 4.90. The monoisotopic (exact) mass is 462 g/mol. The number of carbonyl (C=O) groups is 1. The maximum Gasteiger partial charge on any atom is 0.224 e. The van der Waals surface area contributed by atoms with Crippen LogP contribution in [0, 0.1) is 6.92 Å². The Balaban J connectivity index is 1.31. The number of halogens is 1. The lowest BCUT2D eigenvalue weighted by Gasteiger charge is -2.08. The zero-order valence-corrected chi connectivity index (χ0v) is 19.2. The van der Waals surface area contributed by atoms with Crippen LogP contribution in [-0.2, 0) is 4.79 Å². The lowest BCUT2D eigenvalue weighted by atomic mass is 10.1. The molecule has 6 heteroatoms. The number of nitrogens with one attached hydrogen (secondary N) is 1. The van der Waals surface area contributed by atoms with Crippen LogP contribution in [-0.4, -0.2) is 17.5 Å². The minimum absolute atomic E-state index is 0.0447. The Kier molecular flexibility index (Phi) is 7.20. The first-order chi connectivity index (χ1) is 15.6. The summed E-state index contributed by atoms with van der Waals surface area (Å²) in [5.74, 6) is 0.592. The van der Waals surface area contributed by atoms with Crippen molar-refractivity contribution in [2.75, 3.05) is 11.9 Å². The van der Waals surface area contributed by atoms with Crippen LogP contribution < -0.4 is 10.1 Å². The van der Waals surface area contributed by atoms with E-state index >= 15 is 0 Å². The smallest absolute Gasteiger partial charge is 0.224 e. The molecule has 1 N–H and O–H groups in total. The number of aromatic nitrogens is 1. The molecule has 0 aliphatic carbocycles. The predicted octanol–water partition coefficient (Wildman–Crippen LogP) is 7.24. The number of ether oxygens (including phenoxy) is 1. The standard InChI is InChI=1S/C26H23ClN2O2S/c1-18-25(29-26(32-18)20-8-3-2-4-9-20)19-13-15-21(16-14-19)28-24(30)12-7-17-31-23-11-6-5-10-22(23)27/h2-6,8-11,13-16H,7,12,17H2,1H3,(H,28,30). The summed E-state index contributed by atoms with van der Waals surface area (Å²) < 4.78 is 5.63. The van der Waals surface area contributed by atoms with Gasteiger partial charge in [0.15, 0.2) is 0 Å². The fourth-order valence-electron chi connectivity index (χ4n) is 3.28. The van der Waals surface area contributed by atoms with Crippen molar-refractivity contribution in [3.63, 3.8) is 0 Å². The summed E-state index contributed by atoms with van der Waals surface area (Å²) >= 11 is 7.75. The average Bonchev–Trinajstić information content (AvgIpc) is 3.20. The highest BCUT2D eigenvalue weighted by Gasteiger charge is 2.11. The number of hydrogen-bond acceptors (Lipinski definition) is 4. The number of benzene rings is 3. The lowest BCUT2D eigenvalue weighted by molar-refractivity contribution is -0.116. The highest BCUT2D eigenvalue weighted by Crippen LogP contribution is 2.33. The Morgan fingerprint density at radius 3 is 2.44 bits per heavy atom. The van der Waals surface area contributed by atoms with Crippen LogP contribution in [0.5, 0.6) is 5.75 Å². The van der Waals surface area contributed by atoms with E-state index in [-0.39, 0.29) is 5.91 Å². The molecule has 1 aromatic heterocycles. The quantitative estimate of drug-likeness (QED) is 0.281. The molecule has 0 radical (unpaired) electrons. The van der Waals surface area contributed by atoms with Crippen LogP contribution in [0.2, 0.25) is 5.02 Å². The van der Waals surface area contributed by atoms with Gasteiger partial charge in [0.1, 0.15) is 10.8 Å². The van der Waals surface area contributed by atoms with Crippen molar-refractivity contribution in [1.29, 1.82) is 0 Å². The van der Waals surface area contributed by atoms with Crippen molar-refractivity contribution in [3.05, 3.63) is 88.8 Å². The molecule has 0 unspecified atom stereocenters. The third kappa shape index (κ3) is 5.55. The topological polar surface area (TPSA) is 51.2 Å². The summed E-state index contributed by atoms with van der Waals surface area (Å²) in [6, 6.07) is 25.3. The first-order valence-corrected chi connectivity index (χ1v) is 11.6. The van der Waals surface area contributed by atoms with Crippen LogP contribution in [0.15, 0.2) is 78.9 Å². The van der Waals surface area contributed by atoms with Crippen LogP contribution in [0.25, 0.3) is 21.8 Å². The number of nitrogens with zero attached hydrogens (tertiary/aromatic N) is 1.